The zero-order valence-electron chi connectivity index (χ0n) is 9.28. The molecule has 5 heteroatoms. The van der Waals surface area contributed by atoms with Crippen molar-refractivity contribution < 1.29 is 9.90 Å². The highest BCUT2D eigenvalue weighted by atomic mass is 35.5. The first-order valence-electron chi connectivity index (χ1n) is 5.43. The van der Waals surface area contributed by atoms with Gasteiger partial charge in [-0.3, -0.25) is 4.79 Å². The van der Waals surface area contributed by atoms with Crippen LogP contribution in [0.15, 0.2) is 24.3 Å². The Morgan fingerprint density at radius 3 is 3.06 bits per heavy atom. The summed E-state index contributed by atoms with van der Waals surface area (Å²) >= 11 is 7.52. The van der Waals surface area contributed by atoms with E-state index in [-0.39, 0.29) is 5.91 Å². The molecular formula is C12H14ClNO2S. The van der Waals surface area contributed by atoms with Crippen LogP contribution in [-0.2, 0) is 0 Å². The summed E-state index contributed by atoms with van der Waals surface area (Å²) in [6.07, 6.45) is 0.730. The lowest BCUT2D eigenvalue weighted by atomic mass is 10.0. The predicted molar refractivity (Wildman–Crippen MR) is 70.7 cm³/mol. The highest BCUT2D eigenvalue weighted by molar-refractivity contribution is 7.99. The van der Waals surface area contributed by atoms with Crippen LogP contribution in [0, 0.1) is 0 Å². The third-order valence-corrected chi connectivity index (χ3v) is 4.22. The fourth-order valence-corrected chi connectivity index (χ4v) is 3.20. The summed E-state index contributed by atoms with van der Waals surface area (Å²) in [5.41, 5.74) is -0.231. The highest BCUT2D eigenvalue weighted by Crippen LogP contribution is 2.27. The van der Waals surface area contributed by atoms with Crippen molar-refractivity contribution in [3.05, 3.63) is 34.9 Å². The maximum absolute atomic E-state index is 11.8. The molecular weight excluding hydrogens is 258 g/mol. The molecule has 0 aliphatic carbocycles. The molecule has 2 N–H and O–H groups in total. The molecule has 0 spiro atoms. The van der Waals surface area contributed by atoms with Crippen LogP contribution in [-0.4, -0.2) is 34.7 Å². The maximum atomic E-state index is 11.8. The van der Waals surface area contributed by atoms with Gasteiger partial charge >= 0.3 is 0 Å². The first-order valence-corrected chi connectivity index (χ1v) is 6.96. The summed E-state index contributed by atoms with van der Waals surface area (Å²) in [7, 11) is 0. The van der Waals surface area contributed by atoms with Crippen LogP contribution < -0.4 is 5.32 Å². The van der Waals surface area contributed by atoms with Gasteiger partial charge in [-0.15, -0.1) is 0 Å². The number of nitrogens with one attached hydrogen (secondary N) is 1. The lowest BCUT2D eigenvalue weighted by molar-refractivity contribution is 0.0612. The molecule has 92 valence electrons. The summed E-state index contributed by atoms with van der Waals surface area (Å²) in [4.78, 5) is 11.8. The molecule has 2 rings (SSSR count). The Bertz CT molecular complexity index is 419. The van der Waals surface area contributed by atoms with Crippen molar-refractivity contribution in [3.8, 4) is 0 Å². The largest absolute Gasteiger partial charge is 0.387 e. The number of rotatable bonds is 3. The summed E-state index contributed by atoms with van der Waals surface area (Å²) < 4.78 is 0. The Balaban J connectivity index is 1.93. The van der Waals surface area contributed by atoms with E-state index in [4.69, 9.17) is 11.6 Å². The van der Waals surface area contributed by atoms with Crippen molar-refractivity contribution in [2.45, 2.75) is 12.0 Å². The van der Waals surface area contributed by atoms with E-state index in [0.29, 0.717) is 22.9 Å². The third kappa shape index (κ3) is 3.37. The number of amides is 1. The van der Waals surface area contributed by atoms with Crippen molar-refractivity contribution in [1.82, 2.24) is 5.32 Å². The van der Waals surface area contributed by atoms with Crippen LogP contribution >= 0.6 is 23.4 Å². The Morgan fingerprint density at radius 2 is 2.41 bits per heavy atom. The van der Waals surface area contributed by atoms with Gasteiger partial charge in [-0.2, -0.15) is 11.8 Å². The highest BCUT2D eigenvalue weighted by Gasteiger charge is 2.31. The second-order valence-corrected chi connectivity index (χ2v) is 5.76. The summed E-state index contributed by atoms with van der Waals surface area (Å²) in [5, 5.41) is 13.4. The van der Waals surface area contributed by atoms with E-state index < -0.39 is 5.60 Å². The molecule has 0 radical (unpaired) electrons. The molecule has 1 atom stereocenters. The van der Waals surface area contributed by atoms with Gasteiger partial charge in [0.2, 0.25) is 0 Å². The molecule has 3 nitrogen and oxygen atoms in total. The van der Waals surface area contributed by atoms with E-state index in [1.165, 1.54) is 0 Å². The van der Waals surface area contributed by atoms with Gasteiger partial charge in [0, 0.05) is 22.9 Å². The van der Waals surface area contributed by atoms with E-state index in [0.717, 1.165) is 12.2 Å². The second-order valence-electron chi connectivity index (χ2n) is 4.22. The fraction of sp³-hybridized carbons (Fsp3) is 0.417. The molecule has 0 aromatic heterocycles. The molecule has 0 saturated carbocycles. The third-order valence-electron chi connectivity index (χ3n) is 2.75. The number of thioether (sulfide) groups is 1. The number of hydrogen-bond acceptors (Lipinski definition) is 3. The molecule has 1 aromatic carbocycles. The molecule has 0 bridgehead atoms. The van der Waals surface area contributed by atoms with Crippen LogP contribution in [0.25, 0.3) is 0 Å². The Labute approximate surface area is 110 Å². The van der Waals surface area contributed by atoms with Crippen molar-refractivity contribution in [1.29, 1.82) is 0 Å². The Morgan fingerprint density at radius 1 is 1.59 bits per heavy atom. The number of hydrogen-bond donors (Lipinski definition) is 2. The van der Waals surface area contributed by atoms with Crippen molar-refractivity contribution >= 4 is 29.3 Å². The van der Waals surface area contributed by atoms with E-state index in [2.05, 4.69) is 5.32 Å². The summed E-state index contributed by atoms with van der Waals surface area (Å²) in [5.74, 6) is 1.43. The van der Waals surface area contributed by atoms with Gasteiger partial charge in [0.05, 0.1) is 5.60 Å². The standard InChI is InChI=1S/C12H14ClNO2S/c13-10-3-1-2-9(6-10)11(15)14-7-12(16)4-5-17-8-12/h1-3,6,16H,4-5,7-8H2,(H,14,15). The van der Waals surface area contributed by atoms with Crippen LogP contribution in [0.2, 0.25) is 5.02 Å². The normalized spacial score (nSPS) is 23.6. The molecule has 1 aliphatic heterocycles. The van der Waals surface area contributed by atoms with Gasteiger partial charge in [0.1, 0.15) is 0 Å². The number of benzene rings is 1. The van der Waals surface area contributed by atoms with Gasteiger partial charge in [-0.25, -0.2) is 0 Å². The van der Waals surface area contributed by atoms with Crippen LogP contribution in [0.1, 0.15) is 16.8 Å². The van der Waals surface area contributed by atoms with Gasteiger partial charge in [0.25, 0.3) is 5.91 Å². The molecule has 1 aliphatic rings. The van der Waals surface area contributed by atoms with Crippen molar-refractivity contribution in [2.75, 3.05) is 18.1 Å². The van der Waals surface area contributed by atoms with E-state index in [9.17, 15) is 9.90 Å². The fourth-order valence-electron chi connectivity index (χ4n) is 1.71. The molecule has 1 fully saturated rings. The molecule has 1 aromatic rings. The second kappa shape index (κ2) is 5.29. The molecule has 1 amide bonds. The van der Waals surface area contributed by atoms with Gasteiger partial charge in [-0.1, -0.05) is 17.7 Å². The number of halogens is 1. The molecule has 1 heterocycles. The minimum atomic E-state index is -0.751. The monoisotopic (exact) mass is 271 g/mol. The lowest BCUT2D eigenvalue weighted by Gasteiger charge is -2.21. The van der Waals surface area contributed by atoms with Crippen molar-refractivity contribution in [2.24, 2.45) is 0 Å². The van der Waals surface area contributed by atoms with Gasteiger partial charge in [-0.05, 0) is 30.4 Å². The summed E-state index contributed by atoms with van der Waals surface area (Å²) in [6.45, 7) is 0.297. The van der Waals surface area contributed by atoms with Crippen LogP contribution in [0.5, 0.6) is 0 Å². The Kier molecular flexibility index (Phi) is 3.97. The first-order chi connectivity index (χ1) is 8.09. The van der Waals surface area contributed by atoms with E-state index in [1.54, 1.807) is 36.0 Å². The topological polar surface area (TPSA) is 49.3 Å². The number of carbonyl (C=O) groups excluding carboxylic acids is 1. The van der Waals surface area contributed by atoms with E-state index in [1.807, 2.05) is 0 Å². The predicted octanol–water partition coefficient (Wildman–Crippen LogP) is 1.94. The average molecular weight is 272 g/mol. The molecule has 1 unspecified atom stereocenters. The smallest absolute Gasteiger partial charge is 0.251 e. The van der Waals surface area contributed by atoms with Crippen LogP contribution in [0.4, 0.5) is 0 Å². The first kappa shape index (κ1) is 12.7. The number of carbonyl (C=O) groups is 1. The summed E-state index contributed by atoms with van der Waals surface area (Å²) in [6, 6.07) is 6.77. The lowest BCUT2D eigenvalue weighted by Crippen LogP contribution is -2.42. The number of aliphatic hydroxyl groups is 1. The quantitative estimate of drug-likeness (QED) is 0.883. The minimum absolute atomic E-state index is 0.196. The van der Waals surface area contributed by atoms with Crippen LogP contribution in [0.3, 0.4) is 0 Å². The minimum Gasteiger partial charge on any atom is -0.387 e. The zero-order chi connectivity index (χ0) is 12.3. The van der Waals surface area contributed by atoms with Gasteiger partial charge < -0.3 is 10.4 Å². The zero-order valence-corrected chi connectivity index (χ0v) is 10.9. The molecule has 1 saturated heterocycles. The molecule has 17 heavy (non-hydrogen) atoms. The van der Waals surface area contributed by atoms with Crippen molar-refractivity contribution in [3.63, 3.8) is 0 Å². The SMILES string of the molecule is O=C(NCC1(O)CCSC1)c1cccc(Cl)c1. The van der Waals surface area contributed by atoms with E-state index >= 15 is 0 Å². The average Bonchev–Trinajstić information content (AvgIpc) is 2.74. The van der Waals surface area contributed by atoms with Gasteiger partial charge in [0.15, 0.2) is 0 Å². The maximum Gasteiger partial charge on any atom is 0.251 e. The Hall–Kier alpha value is -0.710.